The van der Waals surface area contributed by atoms with Gasteiger partial charge in [0.1, 0.15) is 10.6 Å². The van der Waals surface area contributed by atoms with Crippen LogP contribution in [-0.2, 0) is 10.0 Å². The maximum absolute atomic E-state index is 12.5. The highest BCUT2D eigenvalue weighted by Gasteiger charge is 2.22. The lowest BCUT2D eigenvalue weighted by atomic mass is 10.2. The number of nitrogens with one attached hydrogen (secondary N) is 1. The molecular formula is C14H11Cl2NO5S. The number of aromatic carboxylic acids is 1. The Kier molecular flexibility index (Phi) is 5.03. The average Bonchev–Trinajstić information content (AvgIpc) is 2.49. The molecule has 2 aromatic carbocycles. The Hall–Kier alpha value is -1.96. The monoisotopic (exact) mass is 375 g/mol. The van der Waals surface area contributed by atoms with E-state index in [1.54, 1.807) is 0 Å². The SMILES string of the molecule is COc1ccc(C(=O)O)cc1S(=O)(=O)Nc1ccc(Cl)cc1Cl. The van der Waals surface area contributed by atoms with Crippen molar-refractivity contribution in [2.45, 2.75) is 4.90 Å². The Morgan fingerprint density at radius 1 is 1.17 bits per heavy atom. The maximum atomic E-state index is 12.5. The number of rotatable bonds is 5. The highest BCUT2D eigenvalue weighted by atomic mass is 35.5. The topological polar surface area (TPSA) is 92.7 Å². The van der Waals surface area contributed by atoms with Gasteiger partial charge in [-0.2, -0.15) is 0 Å². The summed E-state index contributed by atoms with van der Waals surface area (Å²) < 4.78 is 32.3. The first-order chi connectivity index (χ1) is 10.7. The molecule has 0 spiro atoms. The molecule has 6 nitrogen and oxygen atoms in total. The van der Waals surface area contributed by atoms with E-state index in [-0.39, 0.29) is 26.9 Å². The van der Waals surface area contributed by atoms with Gasteiger partial charge < -0.3 is 9.84 Å². The van der Waals surface area contributed by atoms with Crippen molar-refractivity contribution in [3.63, 3.8) is 0 Å². The summed E-state index contributed by atoms with van der Waals surface area (Å²) in [5.41, 5.74) is -0.0766. The second kappa shape index (κ2) is 6.66. The predicted molar refractivity (Wildman–Crippen MR) is 87.2 cm³/mol. The van der Waals surface area contributed by atoms with Gasteiger partial charge in [0.2, 0.25) is 0 Å². The van der Waals surface area contributed by atoms with E-state index in [0.29, 0.717) is 5.02 Å². The highest BCUT2D eigenvalue weighted by Crippen LogP contribution is 2.31. The van der Waals surface area contributed by atoms with Crippen LogP contribution in [0.5, 0.6) is 5.75 Å². The third-order valence-electron chi connectivity index (χ3n) is 2.88. The zero-order chi connectivity index (χ0) is 17.2. The molecule has 0 saturated carbocycles. The van der Waals surface area contributed by atoms with Crippen molar-refractivity contribution in [3.8, 4) is 5.75 Å². The number of hydrogen-bond acceptors (Lipinski definition) is 4. The summed E-state index contributed by atoms with van der Waals surface area (Å²) in [6.07, 6.45) is 0. The first-order valence-electron chi connectivity index (χ1n) is 6.14. The van der Waals surface area contributed by atoms with Gasteiger partial charge >= 0.3 is 5.97 Å². The Morgan fingerprint density at radius 2 is 1.87 bits per heavy atom. The summed E-state index contributed by atoms with van der Waals surface area (Å²) in [5, 5.41) is 9.47. The fourth-order valence-corrected chi connectivity index (χ4v) is 3.58. The number of carboxylic acids is 1. The maximum Gasteiger partial charge on any atom is 0.335 e. The zero-order valence-corrected chi connectivity index (χ0v) is 14.0. The van der Waals surface area contributed by atoms with Crippen LogP contribution in [0.15, 0.2) is 41.3 Å². The number of sulfonamides is 1. The number of anilines is 1. The third-order valence-corrected chi connectivity index (χ3v) is 4.81. The van der Waals surface area contributed by atoms with Crippen LogP contribution in [0.3, 0.4) is 0 Å². The molecule has 122 valence electrons. The molecule has 0 fully saturated rings. The lowest BCUT2D eigenvalue weighted by molar-refractivity contribution is 0.0696. The van der Waals surface area contributed by atoms with E-state index < -0.39 is 16.0 Å². The fourth-order valence-electron chi connectivity index (χ4n) is 1.79. The first kappa shape index (κ1) is 17.4. The molecule has 23 heavy (non-hydrogen) atoms. The van der Waals surface area contributed by atoms with Crippen LogP contribution in [0.1, 0.15) is 10.4 Å². The van der Waals surface area contributed by atoms with Crippen molar-refractivity contribution in [2.24, 2.45) is 0 Å². The number of halogens is 2. The Bertz CT molecular complexity index is 867. The van der Waals surface area contributed by atoms with Crippen LogP contribution >= 0.6 is 23.2 Å². The van der Waals surface area contributed by atoms with E-state index in [2.05, 4.69) is 4.72 Å². The number of methoxy groups -OCH3 is 1. The smallest absolute Gasteiger partial charge is 0.335 e. The van der Waals surface area contributed by atoms with Gasteiger partial charge in [-0.25, -0.2) is 13.2 Å². The third kappa shape index (κ3) is 3.87. The standard InChI is InChI=1S/C14H11Cl2NO5S/c1-22-12-5-2-8(14(18)19)6-13(12)23(20,21)17-11-4-3-9(15)7-10(11)16/h2-7,17H,1H3,(H,18,19). The van der Waals surface area contributed by atoms with E-state index >= 15 is 0 Å². The van der Waals surface area contributed by atoms with E-state index in [0.717, 1.165) is 6.07 Å². The second-order valence-electron chi connectivity index (χ2n) is 4.40. The molecule has 0 aromatic heterocycles. The molecule has 2 N–H and O–H groups in total. The van der Waals surface area contributed by atoms with Crippen molar-refractivity contribution in [1.29, 1.82) is 0 Å². The van der Waals surface area contributed by atoms with Gasteiger partial charge in [-0.05, 0) is 36.4 Å². The summed E-state index contributed by atoms with van der Waals surface area (Å²) in [5.74, 6) is -1.25. The predicted octanol–water partition coefficient (Wildman–Crippen LogP) is 3.50. The van der Waals surface area contributed by atoms with Gasteiger partial charge in [0, 0.05) is 5.02 Å². The minimum absolute atomic E-state index is 0.00702. The number of hydrogen-bond donors (Lipinski definition) is 2. The van der Waals surface area contributed by atoms with E-state index in [4.69, 9.17) is 33.0 Å². The molecule has 0 bridgehead atoms. The minimum Gasteiger partial charge on any atom is -0.495 e. The molecule has 0 aliphatic rings. The molecule has 0 unspecified atom stereocenters. The number of benzene rings is 2. The van der Waals surface area contributed by atoms with Crippen LogP contribution in [0.4, 0.5) is 5.69 Å². The van der Waals surface area contributed by atoms with Gasteiger partial charge in [0.25, 0.3) is 10.0 Å². The molecule has 0 saturated heterocycles. The summed E-state index contributed by atoms with van der Waals surface area (Å²) in [6.45, 7) is 0. The Balaban J connectivity index is 2.50. The molecule has 0 heterocycles. The summed E-state index contributed by atoms with van der Waals surface area (Å²) in [6, 6.07) is 7.77. The fraction of sp³-hybridized carbons (Fsp3) is 0.0714. The Labute approximate surface area is 142 Å². The van der Waals surface area contributed by atoms with Crippen molar-refractivity contribution in [1.82, 2.24) is 0 Å². The van der Waals surface area contributed by atoms with Crippen LogP contribution in [-0.4, -0.2) is 26.6 Å². The zero-order valence-electron chi connectivity index (χ0n) is 11.7. The quantitative estimate of drug-likeness (QED) is 0.833. The van der Waals surface area contributed by atoms with Crippen molar-refractivity contribution >= 4 is 44.9 Å². The van der Waals surface area contributed by atoms with Gasteiger partial charge in [-0.1, -0.05) is 23.2 Å². The molecule has 0 aliphatic carbocycles. The lowest BCUT2D eigenvalue weighted by Crippen LogP contribution is -2.15. The first-order valence-corrected chi connectivity index (χ1v) is 8.37. The van der Waals surface area contributed by atoms with Gasteiger partial charge in [0.15, 0.2) is 0 Å². The summed E-state index contributed by atoms with van der Waals surface area (Å²) in [7, 11) is -2.83. The van der Waals surface area contributed by atoms with E-state index in [9.17, 15) is 13.2 Å². The van der Waals surface area contributed by atoms with Crippen LogP contribution in [0, 0.1) is 0 Å². The van der Waals surface area contributed by atoms with Gasteiger partial charge in [-0.15, -0.1) is 0 Å². The van der Waals surface area contributed by atoms with E-state index in [1.807, 2.05) is 0 Å². The molecule has 0 atom stereocenters. The molecular weight excluding hydrogens is 365 g/mol. The molecule has 0 radical (unpaired) electrons. The van der Waals surface area contributed by atoms with Crippen LogP contribution in [0.25, 0.3) is 0 Å². The van der Waals surface area contributed by atoms with Crippen molar-refractivity contribution in [2.75, 3.05) is 11.8 Å². The number of ether oxygens (including phenoxy) is 1. The van der Waals surface area contributed by atoms with Gasteiger partial charge in [0.05, 0.1) is 23.4 Å². The molecule has 2 rings (SSSR count). The molecule has 9 heteroatoms. The van der Waals surface area contributed by atoms with Gasteiger partial charge in [-0.3, -0.25) is 4.72 Å². The van der Waals surface area contributed by atoms with E-state index in [1.165, 1.54) is 37.4 Å². The Morgan fingerprint density at radius 3 is 2.43 bits per heavy atom. The number of carboxylic acid groups (broad SMARTS) is 1. The average molecular weight is 376 g/mol. The van der Waals surface area contributed by atoms with Crippen molar-refractivity contribution in [3.05, 3.63) is 52.0 Å². The van der Waals surface area contributed by atoms with Crippen LogP contribution < -0.4 is 9.46 Å². The molecule has 0 amide bonds. The highest BCUT2D eigenvalue weighted by molar-refractivity contribution is 7.92. The summed E-state index contributed by atoms with van der Waals surface area (Å²) in [4.78, 5) is 10.7. The molecule has 2 aromatic rings. The minimum atomic E-state index is -4.11. The van der Waals surface area contributed by atoms with Crippen molar-refractivity contribution < 1.29 is 23.1 Å². The second-order valence-corrected chi connectivity index (χ2v) is 6.89. The molecule has 0 aliphatic heterocycles. The lowest BCUT2D eigenvalue weighted by Gasteiger charge is -2.13. The summed E-state index contributed by atoms with van der Waals surface area (Å²) >= 11 is 11.7. The normalized spacial score (nSPS) is 11.1. The number of carbonyl (C=O) groups is 1. The van der Waals surface area contributed by atoms with Crippen LogP contribution in [0.2, 0.25) is 10.0 Å². The largest absolute Gasteiger partial charge is 0.495 e.